The second-order valence-electron chi connectivity index (χ2n) is 7.39. The van der Waals surface area contributed by atoms with Gasteiger partial charge in [-0.15, -0.1) is 0 Å². The van der Waals surface area contributed by atoms with Crippen LogP contribution in [0.25, 0.3) is 0 Å². The smallest absolute Gasteiger partial charge is 0.220 e. The minimum Gasteiger partial charge on any atom is -0.487 e. The molecule has 0 atom stereocenters. The molecule has 2 aliphatic rings. The molecular formula is C22H24N6O. The zero-order valence-corrected chi connectivity index (χ0v) is 16.2. The molecule has 2 aromatic rings. The molecule has 7 heteroatoms. The predicted octanol–water partition coefficient (Wildman–Crippen LogP) is 3.25. The summed E-state index contributed by atoms with van der Waals surface area (Å²) in [6, 6.07) is 17.5. The van der Waals surface area contributed by atoms with Crippen molar-refractivity contribution in [2.24, 2.45) is 21.5 Å². The standard InChI is InChI=1S/C22H24N6O/c23-14-17-9-10-18(13-19(17)29-15-16-7-3-1-4-8-16)28-21(25)26-20(24)27-22(28)11-5-2-6-12-22/h1,3-4,7-10,13H,2,5-6,11-12,15H2,(H4,24,25,26,27). The van der Waals surface area contributed by atoms with Gasteiger partial charge in [-0.25, -0.2) is 4.99 Å². The number of benzene rings is 2. The van der Waals surface area contributed by atoms with Crippen LogP contribution in [0.5, 0.6) is 5.75 Å². The first kappa shape index (κ1) is 18.8. The normalized spacial score (nSPS) is 18.0. The number of ether oxygens (including phenoxy) is 1. The highest BCUT2D eigenvalue weighted by Gasteiger charge is 2.42. The lowest BCUT2D eigenvalue weighted by atomic mass is 9.87. The largest absolute Gasteiger partial charge is 0.487 e. The molecule has 0 aromatic heterocycles. The predicted molar refractivity (Wildman–Crippen MR) is 113 cm³/mol. The summed E-state index contributed by atoms with van der Waals surface area (Å²) in [5.74, 6) is 1.04. The van der Waals surface area contributed by atoms with Gasteiger partial charge in [-0.05, 0) is 43.4 Å². The summed E-state index contributed by atoms with van der Waals surface area (Å²) in [7, 11) is 0. The zero-order valence-electron chi connectivity index (χ0n) is 16.2. The van der Waals surface area contributed by atoms with E-state index in [-0.39, 0.29) is 5.96 Å². The van der Waals surface area contributed by atoms with Gasteiger partial charge in [-0.3, -0.25) is 4.90 Å². The summed E-state index contributed by atoms with van der Waals surface area (Å²) >= 11 is 0. The van der Waals surface area contributed by atoms with Gasteiger partial charge in [0.25, 0.3) is 0 Å². The highest BCUT2D eigenvalue weighted by Crippen LogP contribution is 2.40. The summed E-state index contributed by atoms with van der Waals surface area (Å²) in [6.45, 7) is 0.374. The number of nitriles is 1. The molecule has 0 saturated heterocycles. The summed E-state index contributed by atoms with van der Waals surface area (Å²) < 4.78 is 5.99. The molecule has 1 aliphatic heterocycles. The van der Waals surface area contributed by atoms with Crippen LogP contribution in [-0.2, 0) is 6.61 Å². The highest BCUT2D eigenvalue weighted by atomic mass is 16.5. The van der Waals surface area contributed by atoms with Crippen LogP contribution in [0.2, 0.25) is 0 Å². The second-order valence-corrected chi connectivity index (χ2v) is 7.39. The van der Waals surface area contributed by atoms with Crippen LogP contribution < -0.4 is 21.1 Å². The lowest BCUT2D eigenvalue weighted by molar-refractivity contribution is 0.300. The van der Waals surface area contributed by atoms with Crippen molar-refractivity contribution in [2.45, 2.75) is 44.4 Å². The maximum absolute atomic E-state index is 9.52. The summed E-state index contributed by atoms with van der Waals surface area (Å²) in [5.41, 5.74) is 14.0. The lowest BCUT2D eigenvalue weighted by Gasteiger charge is -2.45. The van der Waals surface area contributed by atoms with Gasteiger partial charge in [0.2, 0.25) is 11.9 Å². The Morgan fingerprint density at radius 3 is 2.55 bits per heavy atom. The molecule has 1 fully saturated rings. The number of nitrogens with zero attached hydrogens (tertiary/aromatic N) is 4. The second kappa shape index (κ2) is 7.84. The summed E-state index contributed by atoms with van der Waals surface area (Å²) in [6.07, 6.45) is 4.97. The van der Waals surface area contributed by atoms with Gasteiger partial charge in [0, 0.05) is 6.07 Å². The molecule has 4 rings (SSSR count). The topological polar surface area (TPSA) is 113 Å². The Kier molecular flexibility index (Phi) is 5.09. The molecule has 7 nitrogen and oxygen atoms in total. The van der Waals surface area contributed by atoms with Crippen molar-refractivity contribution in [3.05, 3.63) is 59.7 Å². The van der Waals surface area contributed by atoms with E-state index in [4.69, 9.17) is 21.2 Å². The lowest BCUT2D eigenvalue weighted by Crippen LogP contribution is -2.58. The molecule has 29 heavy (non-hydrogen) atoms. The first-order chi connectivity index (χ1) is 14.1. The van der Waals surface area contributed by atoms with Crippen LogP contribution in [0.4, 0.5) is 5.69 Å². The number of hydrogen-bond donors (Lipinski definition) is 2. The number of rotatable bonds is 4. The van der Waals surface area contributed by atoms with Crippen molar-refractivity contribution in [1.82, 2.24) is 0 Å². The molecule has 0 radical (unpaired) electrons. The first-order valence-electron chi connectivity index (χ1n) is 9.82. The third-order valence-corrected chi connectivity index (χ3v) is 5.43. The molecular weight excluding hydrogens is 364 g/mol. The van der Waals surface area contributed by atoms with Gasteiger partial charge < -0.3 is 16.2 Å². The fraction of sp³-hybridized carbons (Fsp3) is 0.318. The average molecular weight is 388 g/mol. The van der Waals surface area contributed by atoms with Gasteiger partial charge in [0.05, 0.1) is 11.3 Å². The van der Waals surface area contributed by atoms with Crippen molar-refractivity contribution in [3.63, 3.8) is 0 Å². The molecule has 0 bridgehead atoms. The number of hydrogen-bond acceptors (Lipinski definition) is 7. The van der Waals surface area contributed by atoms with Gasteiger partial charge in [0.1, 0.15) is 24.1 Å². The third kappa shape index (κ3) is 3.74. The Bertz CT molecular complexity index is 986. The molecule has 148 valence electrons. The Morgan fingerprint density at radius 1 is 1.07 bits per heavy atom. The molecule has 1 spiro atoms. The van der Waals surface area contributed by atoms with Crippen molar-refractivity contribution in [1.29, 1.82) is 5.26 Å². The first-order valence-corrected chi connectivity index (χ1v) is 9.82. The van der Waals surface area contributed by atoms with E-state index in [0.717, 1.165) is 36.9 Å². The van der Waals surface area contributed by atoms with E-state index in [1.807, 2.05) is 47.4 Å². The minimum atomic E-state index is -0.529. The number of aliphatic imine (C=N–C) groups is 2. The van der Waals surface area contributed by atoms with Crippen LogP contribution in [0.15, 0.2) is 58.5 Å². The third-order valence-electron chi connectivity index (χ3n) is 5.43. The quantitative estimate of drug-likeness (QED) is 0.835. The molecule has 0 unspecified atom stereocenters. The summed E-state index contributed by atoms with van der Waals surface area (Å²) in [4.78, 5) is 10.8. The van der Waals surface area contributed by atoms with Gasteiger partial charge >= 0.3 is 0 Å². The molecule has 1 heterocycles. The van der Waals surface area contributed by atoms with Crippen molar-refractivity contribution in [2.75, 3.05) is 4.90 Å². The van der Waals surface area contributed by atoms with Crippen molar-refractivity contribution in [3.8, 4) is 11.8 Å². The number of anilines is 1. The molecule has 0 amide bonds. The molecule has 1 saturated carbocycles. The van der Waals surface area contributed by atoms with E-state index in [1.165, 1.54) is 6.42 Å². The maximum Gasteiger partial charge on any atom is 0.220 e. The number of nitrogens with two attached hydrogens (primary N) is 2. The van der Waals surface area contributed by atoms with E-state index in [9.17, 15) is 5.26 Å². The SMILES string of the molecule is N#Cc1ccc(N2C(N)=NC(N)=NC23CCCCC3)cc1OCc1ccccc1. The Morgan fingerprint density at radius 2 is 1.83 bits per heavy atom. The van der Waals surface area contributed by atoms with E-state index < -0.39 is 5.66 Å². The average Bonchev–Trinajstić information content (AvgIpc) is 2.73. The van der Waals surface area contributed by atoms with E-state index in [2.05, 4.69) is 11.1 Å². The minimum absolute atomic E-state index is 0.217. The van der Waals surface area contributed by atoms with Crippen LogP contribution in [0.1, 0.15) is 43.2 Å². The fourth-order valence-corrected chi connectivity index (χ4v) is 4.09. The van der Waals surface area contributed by atoms with Crippen LogP contribution in [-0.4, -0.2) is 17.6 Å². The number of guanidine groups is 2. The monoisotopic (exact) mass is 388 g/mol. The maximum atomic E-state index is 9.52. The molecule has 1 aliphatic carbocycles. The van der Waals surface area contributed by atoms with Gasteiger partial charge in [-0.2, -0.15) is 10.3 Å². The van der Waals surface area contributed by atoms with Crippen LogP contribution in [0.3, 0.4) is 0 Å². The van der Waals surface area contributed by atoms with Gasteiger partial charge in [-0.1, -0.05) is 36.8 Å². The summed E-state index contributed by atoms with van der Waals surface area (Å²) in [5, 5.41) is 9.52. The van der Waals surface area contributed by atoms with Crippen molar-refractivity contribution >= 4 is 17.6 Å². The van der Waals surface area contributed by atoms with E-state index >= 15 is 0 Å². The van der Waals surface area contributed by atoms with Crippen LogP contribution in [0, 0.1) is 11.3 Å². The van der Waals surface area contributed by atoms with Crippen molar-refractivity contribution < 1.29 is 4.74 Å². The van der Waals surface area contributed by atoms with E-state index in [1.54, 1.807) is 6.07 Å². The highest BCUT2D eigenvalue weighted by molar-refractivity contribution is 6.05. The molecule has 4 N–H and O–H groups in total. The Balaban J connectivity index is 1.68. The Labute approximate surface area is 170 Å². The Hall–Kier alpha value is -3.53. The van der Waals surface area contributed by atoms with Crippen LogP contribution >= 0.6 is 0 Å². The van der Waals surface area contributed by atoms with E-state index in [0.29, 0.717) is 23.9 Å². The zero-order chi connectivity index (χ0) is 20.3. The van der Waals surface area contributed by atoms with Gasteiger partial charge in [0.15, 0.2) is 0 Å². The molecule has 2 aromatic carbocycles. The fourth-order valence-electron chi connectivity index (χ4n) is 4.09.